The van der Waals surface area contributed by atoms with Gasteiger partial charge in [0.2, 0.25) is 0 Å². The first-order valence-electron chi connectivity index (χ1n) is 8.17. The Morgan fingerprint density at radius 1 is 1.23 bits per heavy atom. The third-order valence-corrected chi connectivity index (χ3v) is 4.31. The maximum Gasteiger partial charge on any atom is 0.354 e. The Balaban J connectivity index is 2.16. The summed E-state index contributed by atoms with van der Waals surface area (Å²) < 4.78 is 5.83. The highest BCUT2D eigenvalue weighted by atomic mass is 79.9. The van der Waals surface area contributed by atoms with E-state index in [1.54, 1.807) is 13.0 Å². The molecule has 0 aromatic heterocycles. The molecule has 0 bridgehead atoms. The second-order valence-corrected chi connectivity index (χ2v) is 6.37. The van der Waals surface area contributed by atoms with Crippen LogP contribution in [0.25, 0.3) is 0 Å². The van der Waals surface area contributed by atoms with Crippen molar-refractivity contribution in [3.63, 3.8) is 0 Å². The van der Waals surface area contributed by atoms with Crippen molar-refractivity contribution in [2.24, 2.45) is 5.10 Å². The molecule has 1 unspecified atom stereocenters. The summed E-state index contributed by atoms with van der Waals surface area (Å²) >= 11 is 3.41. The van der Waals surface area contributed by atoms with E-state index in [2.05, 4.69) is 33.0 Å². The minimum Gasteiger partial charge on any atom is -0.461 e. The summed E-state index contributed by atoms with van der Waals surface area (Å²) in [5, 5.41) is 14.7. The molecule has 1 atom stereocenters. The van der Waals surface area contributed by atoms with E-state index in [-0.39, 0.29) is 18.7 Å². The second-order valence-electron chi connectivity index (χ2n) is 5.52. The zero-order valence-corrected chi connectivity index (χ0v) is 16.1. The maximum absolute atomic E-state index is 12.2. The smallest absolute Gasteiger partial charge is 0.354 e. The van der Waals surface area contributed by atoms with Crippen molar-refractivity contribution in [3.05, 3.63) is 76.8 Å². The van der Waals surface area contributed by atoms with Crippen LogP contribution in [0.1, 0.15) is 25.0 Å². The number of ether oxygens (including phenoxy) is 1. The van der Waals surface area contributed by atoms with E-state index >= 15 is 0 Å². The number of nitrogens with zero attached hydrogens (tertiary/aromatic N) is 1. The lowest BCUT2D eigenvalue weighted by molar-refractivity contribution is -0.135. The standard InChI is InChI=1S/C20H21BrN2O3/c1-3-26-20(25)18(23-22-15-9-5-4-6-10-15)13-14(2)19(24)16-11-7-8-12-17(16)21/h4-12,19,22,24H,2-3,13H2,1H3/b23-18+. The molecule has 0 fully saturated rings. The van der Waals surface area contributed by atoms with Crippen LogP contribution >= 0.6 is 15.9 Å². The molecule has 26 heavy (non-hydrogen) atoms. The number of para-hydroxylation sites is 1. The Morgan fingerprint density at radius 3 is 2.54 bits per heavy atom. The molecular formula is C20H21BrN2O3. The number of hydrogen-bond donors (Lipinski definition) is 2. The summed E-state index contributed by atoms with van der Waals surface area (Å²) in [5.74, 6) is -0.545. The number of halogens is 1. The Bertz CT molecular complexity index is 791. The van der Waals surface area contributed by atoms with Gasteiger partial charge in [-0.2, -0.15) is 5.10 Å². The summed E-state index contributed by atoms with van der Waals surface area (Å²) in [7, 11) is 0. The van der Waals surface area contributed by atoms with Crippen molar-refractivity contribution in [2.75, 3.05) is 12.0 Å². The van der Waals surface area contributed by atoms with Gasteiger partial charge >= 0.3 is 5.97 Å². The number of carbonyl (C=O) groups is 1. The summed E-state index contributed by atoms with van der Waals surface area (Å²) in [6, 6.07) is 16.6. The van der Waals surface area contributed by atoms with Crippen molar-refractivity contribution in [3.8, 4) is 0 Å². The van der Waals surface area contributed by atoms with Crippen LogP contribution in [-0.4, -0.2) is 23.4 Å². The molecule has 2 aromatic rings. The minimum atomic E-state index is -0.929. The number of carbonyl (C=O) groups excluding carboxylic acids is 1. The Labute approximate surface area is 161 Å². The van der Waals surface area contributed by atoms with Crippen molar-refractivity contribution < 1.29 is 14.6 Å². The predicted molar refractivity (Wildman–Crippen MR) is 107 cm³/mol. The first kappa shape index (κ1) is 19.9. The van der Waals surface area contributed by atoms with Crippen LogP contribution < -0.4 is 5.43 Å². The predicted octanol–water partition coefficient (Wildman–Crippen LogP) is 4.46. The molecule has 5 nitrogen and oxygen atoms in total. The normalized spacial score (nSPS) is 12.3. The molecule has 0 radical (unpaired) electrons. The van der Waals surface area contributed by atoms with Gasteiger partial charge < -0.3 is 9.84 Å². The topological polar surface area (TPSA) is 70.9 Å². The highest BCUT2D eigenvalue weighted by molar-refractivity contribution is 9.10. The Hall–Kier alpha value is -2.44. The summed E-state index contributed by atoms with van der Waals surface area (Å²) in [6.45, 7) is 5.89. The molecule has 136 valence electrons. The number of rotatable bonds is 8. The van der Waals surface area contributed by atoms with Gasteiger partial charge in [-0.25, -0.2) is 4.79 Å². The molecule has 0 heterocycles. The van der Waals surface area contributed by atoms with E-state index in [1.807, 2.05) is 48.5 Å². The third-order valence-electron chi connectivity index (χ3n) is 3.59. The monoisotopic (exact) mass is 416 g/mol. The van der Waals surface area contributed by atoms with Gasteiger partial charge in [0.1, 0.15) is 11.8 Å². The van der Waals surface area contributed by atoms with Crippen molar-refractivity contribution in [1.29, 1.82) is 0 Å². The number of nitrogens with one attached hydrogen (secondary N) is 1. The van der Waals surface area contributed by atoms with Gasteiger partial charge in [0.15, 0.2) is 0 Å². The Kier molecular flexibility index (Phi) is 7.56. The van der Waals surface area contributed by atoms with Gasteiger partial charge in [-0.05, 0) is 36.3 Å². The lowest BCUT2D eigenvalue weighted by atomic mass is 9.98. The van der Waals surface area contributed by atoms with Crippen molar-refractivity contribution >= 4 is 33.3 Å². The van der Waals surface area contributed by atoms with Gasteiger partial charge in [0, 0.05) is 10.9 Å². The molecule has 6 heteroatoms. The molecule has 0 aliphatic rings. The number of aliphatic hydroxyl groups is 1. The van der Waals surface area contributed by atoms with Crippen molar-refractivity contribution in [2.45, 2.75) is 19.4 Å². The summed E-state index contributed by atoms with van der Waals surface area (Å²) in [4.78, 5) is 12.2. The zero-order valence-electron chi connectivity index (χ0n) is 14.5. The van der Waals surface area contributed by atoms with E-state index in [0.717, 1.165) is 10.2 Å². The number of aliphatic hydroxyl groups excluding tert-OH is 1. The SMILES string of the molecule is C=C(C/C(=N\Nc1ccccc1)C(=O)OCC)C(O)c1ccccc1Br. The highest BCUT2D eigenvalue weighted by Crippen LogP contribution is 2.29. The van der Waals surface area contributed by atoms with Gasteiger partial charge in [-0.1, -0.05) is 58.9 Å². The molecule has 2 aromatic carbocycles. The van der Waals surface area contributed by atoms with Crippen LogP contribution in [0, 0.1) is 0 Å². The first-order chi connectivity index (χ1) is 12.5. The van der Waals surface area contributed by atoms with Crippen LogP contribution in [0.2, 0.25) is 0 Å². The highest BCUT2D eigenvalue weighted by Gasteiger charge is 2.20. The maximum atomic E-state index is 12.2. The van der Waals surface area contributed by atoms with Crippen LogP contribution in [0.5, 0.6) is 0 Å². The fourth-order valence-corrected chi connectivity index (χ4v) is 2.75. The summed E-state index contributed by atoms with van der Waals surface area (Å²) in [6.07, 6.45) is -0.844. The van der Waals surface area contributed by atoms with E-state index in [4.69, 9.17) is 4.74 Å². The molecular weight excluding hydrogens is 396 g/mol. The van der Waals surface area contributed by atoms with Gasteiger partial charge in [0.25, 0.3) is 0 Å². The molecule has 0 spiro atoms. The Morgan fingerprint density at radius 2 is 1.88 bits per heavy atom. The first-order valence-corrected chi connectivity index (χ1v) is 8.97. The fourth-order valence-electron chi connectivity index (χ4n) is 2.24. The number of anilines is 1. The largest absolute Gasteiger partial charge is 0.461 e. The zero-order chi connectivity index (χ0) is 18.9. The van der Waals surface area contributed by atoms with Crippen LogP contribution in [0.3, 0.4) is 0 Å². The van der Waals surface area contributed by atoms with E-state index < -0.39 is 12.1 Å². The number of hydrazone groups is 1. The molecule has 0 saturated heterocycles. The third kappa shape index (κ3) is 5.54. The number of hydrogen-bond acceptors (Lipinski definition) is 5. The molecule has 0 saturated carbocycles. The minimum absolute atomic E-state index is 0.0845. The second kappa shape index (κ2) is 9.89. The molecule has 0 aliphatic heterocycles. The van der Waals surface area contributed by atoms with Gasteiger partial charge in [0.05, 0.1) is 12.3 Å². The van der Waals surface area contributed by atoms with Crippen molar-refractivity contribution in [1.82, 2.24) is 0 Å². The molecule has 2 rings (SSSR count). The molecule has 0 amide bonds. The average Bonchev–Trinajstić information content (AvgIpc) is 2.65. The molecule has 0 aliphatic carbocycles. The van der Waals surface area contributed by atoms with E-state index in [9.17, 15) is 9.90 Å². The molecule has 2 N–H and O–H groups in total. The lowest BCUT2D eigenvalue weighted by Crippen LogP contribution is -2.21. The number of benzene rings is 2. The fraction of sp³-hybridized carbons (Fsp3) is 0.200. The lowest BCUT2D eigenvalue weighted by Gasteiger charge is -2.16. The average molecular weight is 417 g/mol. The van der Waals surface area contributed by atoms with E-state index in [0.29, 0.717) is 11.1 Å². The summed E-state index contributed by atoms with van der Waals surface area (Å²) in [5.41, 5.74) is 4.84. The van der Waals surface area contributed by atoms with E-state index in [1.165, 1.54) is 0 Å². The number of esters is 1. The van der Waals surface area contributed by atoms with Gasteiger partial charge in [-0.3, -0.25) is 5.43 Å². The van der Waals surface area contributed by atoms with Crippen LogP contribution in [0.4, 0.5) is 5.69 Å². The quantitative estimate of drug-likeness (QED) is 0.288. The van der Waals surface area contributed by atoms with Crippen LogP contribution in [-0.2, 0) is 9.53 Å². The van der Waals surface area contributed by atoms with Gasteiger partial charge in [-0.15, -0.1) is 0 Å². The van der Waals surface area contributed by atoms with Crippen LogP contribution in [0.15, 0.2) is 76.3 Å².